The maximum absolute atomic E-state index is 2.39. The fourth-order valence-electron chi connectivity index (χ4n) is 10.6. The second-order valence-electron chi connectivity index (χ2n) is 18.1. The standard InChI is InChI=1S/C68H46N2/c1-3-17-47(18-4-1)50-20-13-21-51(43-50)48-35-39-57(40-36-48)69(58-41-37-49(38-42-58)65-46-55-19-7-8-28-60(55)62-29-9-10-30-63(62)65)59-27-15-23-53(45-59)52-22-14-24-54(44-52)61-32-16-34-67-68(61)64-31-11-12-33-66(64)70(67)56-25-5-2-6-26-56/h1-46H. The van der Waals surface area contributed by atoms with Gasteiger partial charge in [-0.25, -0.2) is 0 Å². The molecule has 2 heteroatoms. The molecule has 70 heavy (non-hydrogen) atoms. The summed E-state index contributed by atoms with van der Waals surface area (Å²) >= 11 is 0. The maximum atomic E-state index is 2.39. The number of rotatable bonds is 9. The molecule has 0 atom stereocenters. The molecule has 0 aliphatic carbocycles. The molecule has 0 saturated carbocycles. The average molecular weight is 891 g/mol. The third kappa shape index (κ3) is 7.31. The second-order valence-corrected chi connectivity index (χ2v) is 18.1. The van der Waals surface area contributed by atoms with Crippen LogP contribution in [0.25, 0.3) is 105 Å². The number of benzene rings is 12. The molecule has 0 aliphatic rings. The van der Waals surface area contributed by atoms with Gasteiger partial charge in [-0.3, -0.25) is 0 Å². The fourth-order valence-corrected chi connectivity index (χ4v) is 10.6. The van der Waals surface area contributed by atoms with Crippen molar-refractivity contribution >= 4 is 60.4 Å². The van der Waals surface area contributed by atoms with Gasteiger partial charge >= 0.3 is 0 Å². The van der Waals surface area contributed by atoms with E-state index < -0.39 is 0 Å². The summed E-state index contributed by atoms with van der Waals surface area (Å²) in [6.45, 7) is 0. The molecule has 13 rings (SSSR count). The van der Waals surface area contributed by atoms with E-state index in [0.717, 1.165) is 33.9 Å². The molecule has 1 heterocycles. The highest BCUT2D eigenvalue weighted by Gasteiger charge is 2.19. The molecule has 0 spiro atoms. The van der Waals surface area contributed by atoms with Gasteiger partial charge in [0.25, 0.3) is 0 Å². The van der Waals surface area contributed by atoms with E-state index in [1.165, 1.54) is 87.9 Å². The summed E-state index contributed by atoms with van der Waals surface area (Å²) in [4.78, 5) is 2.39. The summed E-state index contributed by atoms with van der Waals surface area (Å²) in [5, 5.41) is 7.55. The first-order chi connectivity index (χ1) is 34.7. The van der Waals surface area contributed by atoms with Crippen molar-refractivity contribution in [2.45, 2.75) is 0 Å². The predicted molar refractivity (Wildman–Crippen MR) is 298 cm³/mol. The lowest BCUT2D eigenvalue weighted by molar-refractivity contribution is 1.18. The van der Waals surface area contributed by atoms with E-state index in [4.69, 9.17) is 0 Å². The van der Waals surface area contributed by atoms with Crippen molar-refractivity contribution in [3.8, 4) is 61.3 Å². The van der Waals surface area contributed by atoms with Gasteiger partial charge in [0.1, 0.15) is 0 Å². The minimum atomic E-state index is 1.08. The summed E-state index contributed by atoms with van der Waals surface area (Å²) < 4.78 is 2.39. The maximum Gasteiger partial charge on any atom is 0.0547 e. The molecule has 1 aromatic heterocycles. The van der Waals surface area contributed by atoms with E-state index in [-0.39, 0.29) is 0 Å². The number of hydrogen-bond donors (Lipinski definition) is 0. The Labute approximate surface area is 408 Å². The van der Waals surface area contributed by atoms with Crippen LogP contribution in [0, 0.1) is 0 Å². The van der Waals surface area contributed by atoms with Gasteiger partial charge in [-0.05, 0) is 156 Å². The molecular weight excluding hydrogens is 845 g/mol. The fraction of sp³-hybridized carbons (Fsp3) is 0. The Morgan fingerprint density at radius 3 is 1.46 bits per heavy atom. The van der Waals surface area contributed by atoms with E-state index in [2.05, 4.69) is 289 Å². The van der Waals surface area contributed by atoms with Crippen LogP contribution in [0.2, 0.25) is 0 Å². The zero-order chi connectivity index (χ0) is 46.4. The third-order valence-electron chi connectivity index (χ3n) is 14.0. The topological polar surface area (TPSA) is 8.17 Å². The number of hydrogen-bond acceptors (Lipinski definition) is 1. The van der Waals surface area contributed by atoms with Gasteiger partial charge in [-0.15, -0.1) is 0 Å². The molecule has 0 saturated heterocycles. The molecule has 0 fully saturated rings. The van der Waals surface area contributed by atoms with Crippen LogP contribution in [0.3, 0.4) is 0 Å². The molecule has 0 amide bonds. The molecule has 0 unspecified atom stereocenters. The third-order valence-corrected chi connectivity index (χ3v) is 14.0. The molecular formula is C68H46N2. The van der Waals surface area contributed by atoms with Crippen molar-refractivity contribution < 1.29 is 0 Å². The number of fused-ring (bicyclic) bond motifs is 6. The average Bonchev–Trinajstić information content (AvgIpc) is 3.79. The highest BCUT2D eigenvalue weighted by molar-refractivity contribution is 6.16. The Balaban J connectivity index is 0.910. The van der Waals surface area contributed by atoms with Crippen LogP contribution in [0.15, 0.2) is 279 Å². The van der Waals surface area contributed by atoms with E-state index in [1.54, 1.807) is 0 Å². The van der Waals surface area contributed by atoms with Crippen molar-refractivity contribution in [2.75, 3.05) is 4.90 Å². The first kappa shape index (κ1) is 41.0. The lowest BCUT2D eigenvalue weighted by Crippen LogP contribution is -2.10. The zero-order valence-electron chi connectivity index (χ0n) is 38.5. The van der Waals surface area contributed by atoms with Crippen molar-refractivity contribution in [1.82, 2.24) is 4.57 Å². The van der Waals surface area contributed by atoms with Crippen LogP contribution in [0.1, 0.15) is 0 Å². The quantitative estimate of drug-likeness (QED) is 0.131. The molecule has 0 N–H and O–H groups in total. The normalized spacial score (nSPS) is 11.4. The van der Waals surface area contributed by atoms with E-state index >= 15 is 0 Å². The van der Waals surface area contributed by atoms with Crippen molar-refractivity contribution in [3.63, 3.8) is 0 Å². The van der Waals surface area contributed by atoms with Gasteiger partial charge in [0.15, 0.2) is 0 Å². The van der Waals surface area contributed by atoms with Gasteiger partial charge in [-0.2, -0.15) is 0 Å². The van der Waals surface area contributed by atoms with Gasteiger partial charge in [-0.1, -0.05) is 200 Å². The Morgan fingerprint density at radius 2 is 0.729 bits per heavy atom. The minimum Gasteiger partial charge on any atom is -0.310 e. The summed E-state index contributed by atoms with van der Waals surface area (Å²) in [7, 11) is 0. The molecule has 328 valence electrons. The molecule has 13 aromatic rings. The first-order valence-electron chi connectivity index (χ1n) is 24.1. The summed E-state index contributed by atoms with van der Waals surface area (Å²) in [6, 6.07) is 102. The lowest BCUT2D eigenvalue weighted by Gasteiger charge is -2.26. The molecule has 2 nitrogen and oxygen atoms in total. The minimum absolute atomic E-state index is 1.08. The second kappa shape index (κ2) is 17.4. The smallest absolute Gasteiger partial charge is 0.0547 e. The van der Waals surface area contributed by atoms with Crippen LogP contribution >= 0.6 is 0 Å². The van der Waals surface area contributed by atoms with E-state index in [9.17, 15) is 0 Å². The molecule has 0 aliphatic heterocycles. The number of para-hydroxylation sites is 2. The summed E-state index contributed by atoms with van der Waals surface area (Å²) in [5.74, 6) is 0. The van der Waals surface area contributed by atoms with Crippen LogP contribution in [0.5, 0.6) is 0 Å². The number of nitrogens with zero attached hydrogens (tertiary/aromatic N) is 2. The van der Waals surface area contributed by atoms with Gasteiger partial charge < -0.3 is 9.47 Å². The predicted octanol–water partition coefficient (Wildman–Crippen LogP) is 18.9. The Bertz CT molecular complexity index is 4040. The molecule has 12 aromatic carbocycles. The highest BCUT2D eigenvalue weighted by Crippen LogP contribution is 2.43. The van der Waals surface area contributed by atoms with Gasteiger partial charge in [0.05, 0.1) is 11.0 Å². The largest absolute Gasteiger partial charge is 0.310 e. The van der Waals surface area contributed by atoms with Crippen molar-refractivity contribution in [1.29, 1.82) is 0 Å². The number of aromatic nitrogens is 1. The first-order valence-corrected chi connectivity index (χ1v) is 24.1. The molecule has 0 bridgehead atoms. The van der Waals surface area contributed by atoms with Gasteiger partial charge in [0, 0.05) is 33.5 Å². The highest BCUT2D eigenvalue weighted by atomic mass is 15.1. The SMILES string of the molecule is c1ccc(-c2cccc(-c3ccc(N(c4ccc(-c5cc6ccccc6c6ccccc56)cc4)c4cccc(-c5cccc(-c6cccc7c6c6ccccc6n7-c6ccccc6)c5)c4)cc3)c2)cc1. The van der Waals surface area contributed by atoms with Gasteiger partial charge in [0.2, 0.25) is 0 Å². The van der Waals surface area contributed by atoms with E-state index in [1.807, 2.05) is 0 Å². The summed E-state index contributed by atoms with van der Waals surface area (Å²) in [5.41, 5.74) is 18.7. The van der Waals surface area contributed by atoms with Crippen LogP contribution in [-0.2, 0) is 0 Å². The van der Waals surface area contributed by atoms with Crippen LogP contribution in [-0.4, -0.2) is 4.57 Å². The monoisotopic (exact) mass is 890 g/mol. The van der Waals surface area contributed by atoms with Crippen LogP contribution in [0.4, 0.5) is 17.1 Å². The number of anilines is 3. The zero-order valence-corrected chi connectivity index (χ0v) is 38.5. The summed E-state index contributed by atoms with van der Waals surface area (Å²) in [6.07, 6.45) is 0. The lowest BCUT2D eigenvalue weighted by atomic mass is 9.93. The Kier molecular flexibility index (Phi) is 10.2. The van der Waals surface area contributed by atoms with Crippen molar-refractivity contribution in [3.05, 3.63) is 279 Å². The molecule has 0 radical (unpaired) electrons. The Hall–Kier alpha value is -9.24. The van der Waals surface area contributed by atoms with Crippen molar-refractivity contribution in [2.24, 2.45) is 0 Å². The Morgan fingerprint density at radius 1 is 0.243 bits per heavy atom. The van der Waals surface area contributed by atoms with Crippen LogP contribution < -0.4 is 4.90 Å². The van der Waals surface area contributed by atoms with E-state index in [0.29, 0.717) is 0 Å².